The van der Waals surface area contributed by atoms with E-state index in [0.717, 1.165) is 24.8 Å². The van der Waals surface area contributed by atoms with Crippen molar-refractivity contribution in [3.8, 4) is 0 Å². The van der Waals surface area contributed by atoms with Gasteiger partial charge in [-0.3, -0.25) is 0 Å². The molecule has 1 rings (SSSR count). The van der Waals surface area contributed by atoms with Crippen molar-refractivity contribution in [2.75, 3.05) is 6.61 Å². The molecule has 1 N–H and O–H groups in total. The molecule has 0 spiro atoms. The molecule has 0 radical (unpaired) electrons. The summed E-state index contributed by atoms with van der Waals surface area (Å²) in [7, 11) is 0. The molecule has 0 aromatic carbocycles. The van der Waals surface area contributed by atoms with E-state index < -0.39 is 6.29 Å². The summed E-state index contributed by atoms with van der Waals surface area (Å²) in [5.41, 5.74) is 2.48. The lowest BCUT2D eigenvalue weighted by Crippen LogP contribution is -2.22. The van der Waals surface area contributed by atoms with Crippen LogP contribution in [0, 0.1) is 0 Å². The number of rotatable bonds is 2. The molecule has 64 valence electrons. The molecular formula is C9H16O2. The monoisotopic (exact) mass is 156 g/mol. The summed E-state index contributed by atoms with van der Waals surface area (Å²) in [6, 6.07) is 0. The summed E-state index contributed by atoms with van der Waals surface area (Å²) in [5, 5.41) is 9.39. The van der Waals surface area contributed by atoms with Gasteiger partial charge in [-0.25, -0.2) is 0 Å². The minimum atomic E-state index is -0.622. The third-order valence-electron chi connectivity index (χ3n) is 2.24. The first kappa shape index (κ1) is 8.75. The molecule has 1 atom stereocenters. The molecule has 2 nitrogen and oxygen atoms in total. The van der Waals surface area contributed by atoms with Gasteiger partial charge in [-0.05, 0) is 24.8 Å². The van der Waals surface area contributed by atoms with Crippen molar-refractivity contribution in [1.82, 2.24) is 0 Å². The quantitative estimate of drug-likeness (QED) is 0.618. The largest absolute Gasteiger partial charge is 0.364 e. The van der Waals surface area contributed by atoms with Gasteiger partial charge < -0.3 is 9.84 Å². The fourth-order valence-corrected chi connectivity index (χ4v) is 1.56. The number of hydrogen-bond acceptors (Lipinski definition) is 2. The Hall–Kier alpha value is -0.340. The normalized spacial score (nSPS) is 25.9. The second kappa shape index (κ2) is 3.88. The van der Waals surface area contributed by atoms with Gasteiger partial charge in [-0.1, -0.05) is 19.4 Å². The Kier molecular flexibility index (Phi) is 3.09. The van der Waals surface area contributed by atoms with E-state index in [-0.39, 0.29) is 0 Å². The zero-order valence-corrected chi connectivity index (χ0v) is 7.26. The Bertz CT molecular complexity index is 161. The lowest BCUT2D eigenvalue weighted by atomic mass is 9.98. The van der Waals surface area contributed by atoms with Gasteiger partial charge in [-0.15, -0.1) is 0 Å². The van der Waals surface area contributed by atoms with Crippen LogP contribution in [-0.4, -0.2) is 18.0 Å². The van der Waals surface area contributed by atoms with Crippen LogP contribution in [0.3, 0.4) is 0 Å². The molecule has 2 heteroatoms. The minimum absolute atomic E-state index is 0.622. The van der Waals surface area contributed by atoms with Gasteiger partial charge in [0.1, 0.15) is 0 Å². The van der Waals surface area contributed by atoms with E-state index in [1.165, 1.54) is 5.57 Å². The molecule has 1 aliphatic heterocycles. The molecule has 0 saturated heterocycles. The first-order chi connectivity index (χ1) is 5.29. The maximum Gasteiger partial charge on any atom is 0.177 e. The lowest BCUT2D eigenvalue weighted by Gasteiger charge is -2.24. The highest BCUT2D eigenvalue weighted by molar-refractivity contribution is 5.17. The number of aliphatic hydroxyl groups excluding tert-OH is 1. The Morgan fingerprint density at radius 3 is 2.64 bits per heavy atom. The topological polar surface area (TPSA) is 29.5 Å². The van der Waals surface area contributed by atoms with Crippen molar-refractivity contribution >= 4 is 0 Å². The van der Waals surface area contributed by atoms with Crippen LogP contribution in [0.5, 0.6) is 0 Å². The predicted molar refractivity (Wildman–Crippen MR) is 44.2 cm³/mol. The Labute approximate surface area is 67.9 Å². The van der Waals surface area contributed by atoms with Crippen LogP contribution < -0.4 is 0 Å². The van der Waals surface area contributed by atoms with Gasteiger partial charge in [0.05, 0.1) is 6.61 Å². The van der Waals surface area contributed by atoms with E-state index in [1.807, 2.05) is 0 Å². The maximum absolute atomic E-state index is 9.39. The van der Waals surface area contributed by atoms with Crippen molar-refractivity contribution in [3.05, 3.63) is 11.1 Å². The molecule has 0 fully saturated rings. The van der Waals surface area contributed by atoms with Gasteiger partial charge in [0.25, 0.3) is 0 Å². The van der Waals surface area contributed by atoms with Crippen LogP contribution in [0.1, 0.15) is 33.1 Å². The number of hydrogen-bond donors (Lipinski definition) is 1. The van der Waals surface area contributed by atoms with Crippen LogP contribution in [0.4, 0.5) is 0 Å². The SMILES string of the molecule is CCC1=C(CC)C(O)OCC1. The minimum Gasteiger partial charge on any atom is -0.364 e. The van der Waals surface area contributed by atoms with Crippen molar-refractivity contribution < 1.29 is 9.84 Å². The van der Waals surface area contributed by atoms with E-state index in [4.69, 9.17) is 4.74 Å². The molecule has 0 bridgehead atoms. The summed E-state index contributed by atoms with van der Waals surface area (Å²) in [6.45, 7) is 4.86. The van der Waals surface area contributed by atoms with Gasteiger partial charge in [0, 0.05) is 0 Å². The third-order valence-corrected chi connectivity index (χ3v) is 2.24. The van der Waals surface area contributed by atoms with E-state index in [9.17, 15) is 5.11 Å². The van der Waals surface area contributed by atoms with E-state index in [2.05, 4.69) is 13.8 Å². The highest BCUT2D eigenvalue weighted by Gasteiger charge is 2.18. The van der Waals surface area contributed by atoms with Crippen molar-refractivity contribution in [1.29, 1.82) is 0 Å². The summed E-state index contributed by atoms with van der Waals surface area (Å²) < 4.78 is 5.11. The van der Waals surface area contributed by atoms with Crippen LogP contribution >= 0.6 is 0 Å². The highest BCUT2D eigenvalue weighted by atomic mass is 16.6. The molecule has 0 saturated carbocycles. The standard InChI is InChI=1S/C9H16O2/c1-3-7-5-6-11-9(10)8(7)4-2/h9-10H,3-6H2,1-2H3. The molecule has 0 amide bonds. The van der Waals surface area contributed by atoms with Crippen LogP contribution in [0.2, 0.25) is 0 Å². The number of aliphatic hydroxyl groups is 1. The van der Waals surface area contributed by atoms with Crippen LogP contribution in [-0.2, 0) is 4.74 Å². The first-order valence-corrected chi connectivity index (χ1v) is 4.30. The summed E-state index contributed by atoms with van der Waals surface area (Å²) >= 11 is 0. The number of ether oxygens (including phenoxy) is 1. The molecule has 1 aliphatic rings. The Balaban J connectivity index is 2.77. The molecule has 1 heterocycles. The highest BCUT2D eigenvalue weighted by Crippen LogP contribution is 2.24. The van der Waals surface area contributed by atoms with Crippen molar-refractivity contribution in [2.24, 2.45) is 0 Å². The summed E-state index contributed by atoms with van der Waals surface area (Å²) in [5.74, 6) is 0. The fourth-order valence-electron chi connectivity index (χ4n) is 1.56. The molecule has 1 unspecified atom stereocenters. The van der Waals surface area contributed by atoms with Crippen molar-refractivity contribution in [2.45, 2.75) is 39.4 Å². The summed E-state index contributed by atoms with van der Waals surface area (Å²) in [6.07, 6.45) is 2.33. The average Bonchev–Trinajstić information content (AvgIpc) is 2.04. The smallest absolute Gasteiger partial charge is 0.177 e. The Morgan fingerprint density at radius 2 is 2.18 bits per heavy atom. The molecule has 0 aromatic rings. The van der Waals surface area contributed by atoms with Crippen molar-refractivity contribution in [3.63, 3.8) is 0 Å². The van der Waals surface area contributed by atoms with Crippen LogP contribution in [0.25, 0.3) is 0 Å². The van der Waals surface area contributed by atoms with Gasteiger partial charge >= 0.3 is 0 Å². The first-order valence-electron chi connectivity index (χ1n) is 4.30. The van der Waals surface area contributed by atoms with Gasteiger partial charge in [0.15, 0.2) is 6.29 Å². The van der Waals surface area contributed by atoms with E-state index >= 15 is 0 Å². The van der Waals surface area contributed by atoms with E-state index in [1.54, 1.807) is 0 Å². The lowest BCUT2D eigenvalue weighted by molar-refractivity contribution is -0.0816. The average molecular weight is 156 g/mol. The predicted octanol–water partition coefficient (Wildman–Crippen LogP) is 1.84. The summed E-state index contributed by atoms with van der Waals surface area (Å²) in [4.78, 5) is 0. The second-order valence-electron chi connectivity index (χ2n) is 2.81. The third kappa shape index (κ3) is 1.82. The van der Waals surface area contributed by atoms with Crippen LogP contribution in [0.15, 0.2) is 11.1 Å². The molecule has 11 heavy (non-hydrogen) atoms. The van der Waals surface area contributed by atoms with Gasteiger partial charge in [0.2, 0.25) is 0 Å². The molecule has 0 aromatic heterocycles. The second-order valence-corrected chi connectivity index (χ2v) is 2.81. The maximum atomic E-state index is 9.39. The van der Waals surface area contributed by atoms with Gasteiger partial charge in [-0.2, -0.15) is 0 Å². The Morgan fingerprint density at radius 1 is 1.45 bits per heavy atom. The molecular weight excluding hydrogens is 140 g/mol. The molecule has 0 aliphatic carbocycles. The zero-order valence-electron chi connectivity index (χ0n) is 7.26. The van der Waals surface area contributed by atoms with E-state index in [0.29, 0.717) is 6.61 Å². The fraction of sp³-hybridized carbons (Fsp3) is 0.778. The zero-order chi connectivity index (χ0) is 8.27.